The van der Waals surface area contributed by atoms with E-state index in [0.717, 1.165) is 6.42 Å². The van der Waals surface area contributed by atoms with Crippen LogP contribution in [0.4, 0.5) is 0 Å². The lowest BCUT2D eigenvalue weighted by Crippen LogP contribution is -2.16. The van der Waals surface area contributed by atoms with Crippen LogP contribution in [0, 0.1) is 0 Å². The van der Waals surface area contributed by atoms with E-state index in [1.807, 2.05) is 6.20 Å². The SMILES string of the molecule is CC(C)(C)c1cnc2n1CCC2. The molecule has 0 radical (unpaired) electrons. The van der Waals surface area contributed by atoms with Gasteiger partial charge in [-0.2, -0.15) is 0 Å². The molecule has 2 heteroatoms. The van der Waals surface area contributed by atoms with Crippen LogP contribution in [0.3, 0.4) is 0 Å². The molecule has 0 atom stereocenters. The van der Waals surface area contributed by atoms with Crippen LogP contribution >= 0.6 is 0 Å². The quantitative estimate of drug-likeness (QED) is 0.574. The van der Waals surface area contributed by atoms with E-state index in [0.29, 0.717) is 0 Å². The Balaban J connectivity index is 2.46. The van der Waals surface area contributed by atoms with Crippen molar-refractivity contribution in [2.24, 2.45) is 0 Å². The average Bonchev–Trinajstić information content (AvgIpc) is 2.37. The second kappa shape index (κ2) is 2.35. The number of nitrogens with zero attached hydrogens (tertiary/aromatic N) is 2. The van der Waals surface area contributed by atoms with Gasteiger partial charge in [0.25, 0.3) is 0 Å². The van der Waals surface area contributed by atoms with E-state index in [-0.39, 0.29) is 5.41 Å². The van der Waals surface area contributed by atoms with Gasteiger partial charge in [0.2, 0.25) is 0 Å². The summed E-state index contributed by atoms with van der Waals surface area (Å²) < 4.78 is 2.38. The Morgan fingerprint density at radius 2 is 2.17 bits per heavy atom. The summed E-state index contributed by atoms with van der Waals surface area (Å²) in [4.78, 5) is 4.43. The van der Waals surface area contributed by atoms with Crippen molar-refractivity contribution < 1.29 is 0 Å². The maximum absolute atomic E-state index is 4.43. The van der Waals surface area contributed by atoms with Gasteiger partial charge in [-0.3, -0.25) is 0 Å². The largest absolute Gasteiger partial charge is 0.332 e. The number of rotatable bonds is 0. The van der Waals surface area contributed by atoms with Crippen molar-refractivity contribution in [3.05, 3.63) is 17.7 Å². The topological polar surface area (TPSA) is 17.8 Å². The predicted octanol–water partition coefficient (Wildman–Crippen LogP) is 2.13. The van der Waals surface area contributed by atoms with Gasteiger partial charge in [0.05, 0.1) is 0 Å². The molecule has 1 aromatic heterocycles. The van der Waals surface area contributed by atoms with Crippen LogP contribution in [0.15, 0.2) is 6.20 Å². The van der Waals surface area contributed by atoms with Crippen molar-refractivity contribution in [2.45, 2.75) is 45.6 Å². The van der Waals surface area contributed by atoms with Crippen LogP contribution in [0.1, 0.15) is 38.7 Å². The van der Waals surface area contributed by atoms with Gasteiger partial charge in [-0.05, 0) is 6.42 Å². The van der Waals surface area contributed by atoms with E-state index in [1.54, 1.807) is 0 Å². The first kappa shape index (κ1) is 7.84. The third kappa shape index (κ3) is 1.06. The molecule has 2 heterocycles. The third-order valence-corrected chi connectivity index (χ3v) is 2.49. The monoisotopic (exact) mass is 164 g/mol. The molecule has 2 nitrogen and oxygen atoms in total. The molecule has 66 valence electrons. The minimum atomic E-state index is 0.246. The molecule has 0 saturated carbocycles. The Hall–Kier alpha value is -0.790. The summed E-state index contributed by atoms with van der Waals surface area (Å²) in [7, 11) is 0. The molecule has 0 spiro atoms. The molecule has 0 fully saturated rings. The van der Waals surface area contributed by atoms with Gasteiger partial charge in [0.15, 0.2) is 0 Å². The summed E-state index contributed by atoms with van der Waals surface area (Å²) in [5, 5.41) is 0. The highest BCUT2D eigenvalue weighted by atomic mass is 15.1. The van der Waals surface area contributed by atoms with Crippen LogP contribution in [0.2, 0.25) is 0 Å². The lowest BCUT2D eigenvalue weighted by molar-refractivity contribution is 0.526. The van der Waals surface area contributed by atoms with E-state index in [1.165, 1.54) is 24.5 Å². The number of aromatic nitrogens is 2. The summed E-state index contributed by atoms with van der Waals surface area (Å²) in [5.41, 5.74) is 1.63. The molecule has 0 N–H and O–H groups in total. The van der Waals surface area contributed by atoms with Gasteiger partial charge in [-0.1, -0.05) is 20.8 Å². The standard InChI is InChI=1S/C10H16N2/c1-10(2,3)8-7-11-9-5-4-6-12(8)9/h7H,4-6H2,1-3H3. The first-order valence-electron chi connectivity index (χ1n) is 4.64. The van der Waals surface area contributed by atoms with Gasteiger partial charge >= 0.3 is 0 Å². The van der Waals surface area contributed by atoms with Crippen LogP contribution in [0.25, 0.3) is 0 Å². The zero-order chi connectivity index (χ0) is 8.77. The van der Waals surface area contributed by atoms with Crippen LogP contribution < -0.4 is 0 Å². The van der Waals surface area contributed by atoms with Crippen molar-refractivity contribution >= 4 is 0 Å². The molecule has 0 amide bonds. The first-order valence-corrected chi connectivity index (χ1v) is 4.64. The van der Waals surface area contributed by atoms with Crippen LogP contribution in [-0.2, 0) is 18.4 Å². The molecule has 0 unspecified atom stereocenters. The highest BCUT2D eigenvalue weighted by Gasteiger charge is 2.23. The molecule has 2 rings (SSSR count). The first-order chi connectivity index (χ1) is 5.59. The second-order valence-corrected chi connectivity index (χ2v) is 4.56. The van der Waals surface area contributed by atoms with Crippen molar-refractivity contribution in [3.63, 3.8) is 0 Å². The maximum Gasteiger partial charge on any atom is 0.108 e. The summed E-state index contributed by atoms with van der Waals surface area (Å²) in [6.45, 7) is 7.91. The highest BCUT2D eigenvalue weighted by Crippen LogP contribution is 2.26. The zero-order valence-corrected chi connectivity index (χ0v) is 8.09. The number of hydrogen-bond donors (Lipinski definition) is 0. The van der Waals surface area contributed by atoms with Gasteiger partial charge in [0, 0.05) is 30.3 Å². The van der Waals surface area contributed by atoms with Crippen molar-refractivity contribution in [1.29, 1.82) is 0 Å². The van der Waals surface area contributed by atoms with E-state index in [2.05, 4.69) is 30.3 Å². The normalized spacial score (nSPS) is 16.6. The molecular weight excluding hydrogens is 148 g/mol. The Bertz CT molecular complexity index is 291. The molecule has 0 aromatic carbocycles. The fourth-order valence-corrected chi connectivity index (χ4v) is 1.86. The smallest absolute Gasteiger partial charge is 0.108 e. The van der Waals surface area contributed by atoms with Gasteiger partial charge in [-0.15, -0.1) is 0 Å². The van der Waals surface area contributed by atoms with Crippen LogP contribution in [0.5, 0.6) is 0 Å². The molecule has 0 bridgehead atoms. The van der Waals surface area contributed by atoms with E-state index in [9.17, 15) is 0 Å². The molecule has 1 aliphatic rings. The Morgan fingerprint density at radius 1 is 1.42 bits per heavy atom. The lowest BCUT2D eigenvalue weighted by atomic mass is 9.93. The summed E-state index contributed by atoms with van der Waals surface area (Å²) >= 11 is 0. The van der Waals surface area contributed by atoms with Crippen molar-refractivity contribution in [2.75, 3.05) is 0 Å². The van der Waals surface area contributed by atoms with E-state index in [4.69, 9.17) is 0 Å². The second-order valence-electron chi connectivity index (χ2n) is 4.56. The van der Waals surface area contributed by atoms with Crippen molar-refractivity contribution in [1.82, 2.24) is 9.55 Å². The number of aryl methyl sites for hydroxylation is 1. The Labute approximate surface area is 73.6 Å². The van der Waals surface area contributed by atoms with Crippen LogP contribution in [-0.4, -0.2) is 9.55 Å². The maximum atomic E-state index is 4.43. The van der Waals surface area contributed by atoms with Gasteiger partial charge in [-0.25, -0.2) is 4.98 Å². The molecule has 0 saturated heterocycles. The van der Waals surface area contributed by atoms with E-state index < -0.39 is 0 Å². The Kier molecular flexibility index (Phi) is 1.53. The zero-order valence-electron chi connectivity index (χ0n) is 8.09. The lowest BCUT2D eigenvalue weighted by Gasteiger charge is -2.19. The Morgan fingerprint density at radius 3 is 2.83 bits per heavy atom. The molecule has 1 aromatic rings. The number of fused-ring (bicyclic) bond motifs is 1. The summed E-state index contributed by atoms with van der Waals surface area (Å²) in [5.74, 6) is 1.28. The number of hydrogen-bond acceptors (Lipinski definition) is 1. The average molecular weight is 164 g/mol. The predicted molar refractivity (Wildman–Crippen MR) is 49.2 cm³/mol. The highest BCUT2D eigenvalue weighted by molar-refractivity contribution is 5.16. The van der Waals surface area contributed by atoms with Crippen molar-refractivity contribution in [3.8, 4) is 0 Å². The summed E-state index contributed by atoms with van der Waals surface area (Å²) in [6, 6.07) is 0. The van der Waals surface area contributed by atoms with E-state index >= 15 is 0 Å². The number of imidazole rings is 1. The summed E-state index contributed by atoms with van der Waals surface area (Å²) in [6.07, 6.45) is 4.47. The molecular formula is C10H16N2. The fraction of sp³-hybridized carbons (Fsp3) is 0.700. The fourth-order valence-electron chi connectivity index (χ4n) is 1.86. The minimum Gasteiger partial charge on any atom is -0.332 e. The third-order valence-electron chi connectivity index (χ3n) is 2.49. The molecule has 12 heavy (non-hydrogen) atoms. The minimum absolute atomic E-state index is 0.246. The van der Waals surface area contributed by atoms with Gasteiger partial charge in [0.1, 0.15) is 5.82 Å². The van der Waals surface area contributed by atoms with Gasteiger partial charge < -0.3 is 4.57 Å². The molecule has 1 aliphatic heterocycles. The molecule has 0 aliphatic carbocycles.